The number of aliphatic hydroxyl groups excluding tert-OH is 3. The van der Waals surface area contributed by atoms with Crippen LogP contribution in [0.25, 0.3) is 0 Å². The van der Waals surface area contributed by atoms with E-state index in [9.17, 15) is 69.0 Å². The number of carbonyl (C=O) groups excluding carboxylic acids is 8. The monoisotopic (exact) mass is 1950 g/mol. The molecule has 4 aromatic rings. The van der Waals surface area contributed by atoms with Crippen molar-refractivity contribution in [2.24, 2.45) is 80.8 Å². The van der Waals surface area contributed by atoms with Crippen molar-refractivity contribution in [3.8, 4) is 46.0 Å². The van der Waals surface area contributed by atoms with Crippen LogP contribution in [0, 0.1) is 94.7 Å². The van der Waals surface area contributed by atoms with Crippen molar-refractivity contribution in [1.82, 2.24) is 0 Å². The number of carbonyl (C=O) groups is 8. The minimum absolute atomic E-state index is 0. The van der Waals surface area contributed by atoms with Gasteiger partial charge in [-0.05, 0) is 208 Å². The lowest BCUT2D eigenvalue weighted by Gasteiger charge is -2.56. The Morgan fingerprint density at radius 1 is 0.493 bits per heavy atom. The third kappa shape index (κ3) is 16.5. The van der Waals surface area contributed by atoms with E-state index in [0.29, 0.717) is 71.5 Å². The quantitative estimate of drug-likeness (QED) is 0.0568. The van der Waals surface area contributed by atoms with E-state index in [1.807, 2.05) is 89.2 Å². The number of Topliss-reactive ketones (excluding diaryl/α,β-unsaturated/α-hetero) is 4. The second-order valence-electron chi connectivity index (χ2n) is 41.1. The number of aromatic hydroxyl groups is 1. The first-order chi connectivity index (χ1) is 65.9. The minimum Gasteiger partial charge on any atom is -0.504 e. The van der Waals surface area contributed by atoms with Gasteiger partial charge < -0.3 is 125 Å². The van der Waals surface area contributed by atoms with Crippen molar-refractivity contribution in [2.45, 2.75) is 244 Å². The number of phenolic OH excluding ortho intramolecular Hbond substituents is 1. The molecule has 18 aliphatic rings. The van der Waals surface area contributed by atoms with E-state index in [0.717, 1.165) is 76.6 Å². The summed E-state index contributed by atoms with van der Waals surface area (Å²) < 4.78 is 117. The standard InChI is InChI=1S/C32H38O12.C29H32O12.C22H28O5.C21H26O5.2CH4/c1-14-7-16(8-22(34-3)26(14)35-4)24-17-9-20-21(41-13-40-20)10-18(17)27(19-11-39-31(33)25(19)24)44-32-30(37-6)29(36-5)28-23(43-32)12-38-15(2)42-28;1-11-4-13(5-19(34-3)23(11)30)21-14-6-17-18(38-10-37-17)7-15(14)26(16-8-36-28(33)22(16)21)41-29-25(32)24(31)27-20(40-29)9-35-12(2)39-27;1-20-8-6-14(23)10-13(20)4-5-15-16-7-9-22(26,18(25)12-27-3)21(16,2)11-17(24)19(15)20;1-19-7-5-13(23)9-12(19)3-4-14-15-6-8-21(26,17(25)11-22)20(15,2)10-16(24)18(14)19;;/h7-10,15,19,23-25,27-30,32H,11-13H2,1-6H3;4-7,12,16,20-22,24-27,29-32H,8-10H2,1-3H3;6,8,10,15-16,19,26H,4-5,7,9,11-12H2,1-3H3;5,7,9,14-15,18,22,26H,3-4,6,8,10-11H2,1-2H3;2*1H4/t15-,19+,23-,24-,25+,27-,28-,29+,30-,32+;12-,16+,20-,21-,22+,24-,25-,26-,27-,29+;15-,16-,19+,20-,21-,22-;14-,15-,18+,19-,20-,21-;;/m1100../s1. The van der Waals surface area contributed by atoms with Gasteiger partial charge in [0.15, 0.2) is 94.3 Å². The van der Waals surface area contributed by atoms with Crippen molar-refractivity contribution < 1.29 is 164 Å². The molecule has 6 saturated carbocycles. The molecule has 140 heavy (non-hydrogen) atoms. The number of rotatable bonds is 16. The molecule has 0 amide bonds. The van der Waals surface area contributed by atoms with E-state index in [2.05, 4.69) is 6.92 Å². The number of methoxy groups -OCH3 is 6. The first kappa shape index (κ1) is 102. The zero-order valence-electron chi connectivity index (χ0n) is 79.9. The highest BCUT2D eigenvalue weighted by molar-refractivity contribution is 6.03. The van der Waals surface area contributed by atoms with Crippen LogP contribution in [-0.4, -0.2) is 258 Å². The topological polar surface area (TPSA) is 443 Å². The summed E-state index contributed by atoms with van der Waals surface area (Å²) in [6.45, 7) is 15.2. The Hall–Kier alpha value is -9.44. The number of hydrogen-bond acceptors (Lipinski definition) is 34. The van der Waals surface area contributed by atoms with Crippen LogP contribution in [0.4, 0.5) is 0 Å². The predicted octanol–water partition coefficient (Wildman–Crippen LogP) is 10.3. The molecule has 34 nitrogen and oxygen atoms in total. The van der Waals surface area contributed by atoms with E-state index >= 15 is 0 Å². The number of esters is 2. The summed E-state index contributed by atoms with van der Waals surface area (Å²) in [4.78, 5) is 102. The second kappa shape index (κ2) is 38.9. The zero-order valence-corrected chi connectivity index (χ0v) is 79.9. The SMILES string of the molecule is C.C.COCC(=O)[C@@]1(O)CC[C@H]2[C@@H]3CCC4=CC(=O)C=C[C@]4(C)[C@H]3C(=O)C[C@@]21C.COc1cc([C@@H]2c3cc4c(cc3[C@@H](O[C@@H]3O[C@@H]5CO[C@@H](C)O[C@H]5[C@H](O)[C@H]3O)[C@H]3COC(=O)[C@H]23)OCO4)cc(C)c1O.COc1cc([C@@H]2c3cc4c(cc3[C@@H](O[C@@H]3O[C@@H]5CO[C@@H](C)O[C@H]5[C@H](OC)[C@H]3OC)[C@H]3COC(=O)[C@H]23)OCO4)cc(C)c1OC.C[C@]12C=CC(=O)C=C1CC[C@@H]1[C@@H]2C(=O)C[C@@]2(C)[C@H]1CC[C@]2(O)C(=O)CO. The Kier molecular flexibility index (Phi) is 28.4. The Labute approximate surface area is 813 Å². The maximum absolute atomic E-state index is 13.6. The number of allylic oxidation sites excluding steroid dienone is 8. The zero-order chi connectivity index (χ0) is 97.8. The highest BCUT2D eigenvalue weighted by Crippen LogP contribution is 2.70. The summed E-state index contributed by atoms with van der Waals surface area (Å²) in [7, 11) is 9.33. The van der Waals surface area contributed by atoms with Crippen LogP contribution in [0.5, 0.6) is 46.0 Å². The summed E-state index contributed by atoms with van der Waals surface area (Å²) >= 11 is 0. The van der Waals surface area contributed by atoms with Gasteiger partial charge in [-0.15, -0.1) is 0 Å². The molecule has 4 aromatic carbocycles. The maximum atomic E-state index is 13.6. The lowest BCUT2D eigenvalue weighted by molar-refractivity contribution is -0.369. The molecule has 12 fully saturated rings. The summed E-state index contributed by atoms with van der Waals surface area (Å²) in [5, 5.41) is 64.2. The fourth-order valence-electron chi connectivity index (χ4n) is 27.6. The van der Waals surface area contributed by atoms with Crippen molar-refractivity contribution in [3.05, 3.63) is 141 Å². The fraction of sp³-hybridized carbons (Fsp3) is 0.623. The third-order valence-electron chi connectivity index (χ3n) is 34.3. The fourth-order valence-corrected chi connectivity index (χ4v) is 27.6. The molecule has 6 saturated heterocycles. The van der Waals surface area contributed by atoms with Gasteiger partial charge in [-0.2, -0.15) is 0 Å². The normalized spacial score (nSPS) is 39.6. The molecule has 0 spiro atoms. The summed E-state index contributed by atoms with van der Waals surface area (Å²) in [5.74, 6) is -0.522. The van der Waals surface area contributed by atoms with E-state index in [4.69, 9.17) is 94.7 Å². The van der Waals surface area contributed by atoms with Gasteiger partial charge in [0.2, 0.25) is 13.6 Å². The molecule has 22 rings (SSSR count). The van der Waals surface area contributed by atoms with E-state index in [1.165, 1.54) is 14.2 Å². The molecule has 8 heterocycles. The average molecular weight is 1950 g/mol. The summed E-state index contributed by atoms with van der Waals surface area (Å²) in [6, 6.07) is 15.0. The van der Waals surface area contributed by atoms with Crippen LogP contribution >= 0.6 is 0 Å². The Bertz CT molecular complexity index is 5640. The average Bonchev–Trinajstić information content (AvgIpc) is 1.48. The number of cyclic esters (lactones) is 2. The molecule has 32 atom stereocenters. The Morgan fingerprint density at radius 3 is 1.40 bits per heavy atom. The smallest absolute Gasteiger partial charge is 0.310 e. The van der Waals surface area contributed by atoms with Gasteiger partial charge in [0.05, 0.1) is 71.8 Å². The molecule has 760 valence electrons. The molecule has 0 unspecified atom stereocenters. The molecule has 10 aliphatic carbocycles. The number of ketones is 6. The lowest BCUT2D eigenvalue weighted by atomic mass is 9.46. The summed E-state index contributed by atoms with van der Waals surface area (Å²) in [5.41, 5.74) is 2.83. The number of aliphatic hydroxyl groups is 5. The summed E-state index contributed by atoms with van der Waals surface area (Å²) in [6.07, 6.45) is 5.51. The van der Waals surface area contributed by atoms with Crippen LogP contribution in [0.1, 0.15) is 189 Å². The highest BCUT2D eigenvalue weighted by atomic mass is 16.8. The molecule has 6 N–H and O–H groups in total. The largest absolute Gasteiger partial charge is 0.504 e. The van der Waals surface area contributed by atoms with E-state index in [1.54, 1.807) is 72.7 Å². The van der Waals surface area contributed by atoms with Crippen molar-refractivity contribution >= 4 is 46.6 Å². The van der Waals surface area contributed by atoms with Crippen LogP contribution < -0.4 is 33.2 Å². The molecular formula is C106H132O34. The van der Waals surface area contributed by atoms with Gasteiger partial charge in [-0.25, -0.2) is 0 Å². The first-order valence-electron chi connectivity index (χ1n) is 47.9. The van der Waals surface area contributed by atoms with Gasteiger partial charge in [-0.3, -0.25) is 38.4 Å². The van der Waals surface area contributed by atoms with E-state index < -0.39 is 161 Å². The molecule has 8 aliphatic heterocycles. The maximum Gasteiger partial charge on any atom is 0.310 e. The van der Waals surface area contributed by atoms with Gasteiger partial charge in [0.1, 0.15) is 84.8 Å². The van der Waals surface area contributed by atoms with Crippen molar-refractivity contribution in [1.29, 1.82) is 0 Å². The first-order valence-corrected chi connectivity index (χ1v) is 47.9. The lowest BCUT2D eigenvalue weighted by Crippen LogP contribution is -2.64. The van der Waals surface area contributed by atoms with Gasteiger partial charge in [-0.1, -0.05) is 78.0 Å². The number of benzene rings is 4. The van der Waals surface area contributed by atoms with E-state index in [-0.39, 0.29) is 161 Å². The van der Waals surface area contributed by atoms with Crippen molar-refractivity contribution in [3.63, 3.8) is 0 Å². The number of phenols is 1. The van der Waals surface area contributed by atoms with Crippen LogP contribution in [-0.2, 0) is 99.9 Å². The van der Waals surface area contributed by atoms with Gasteiger partial charge in [0, 0.05) is 91.3 Å². The Morgan fingerprint density at radius 2 is 0.936 bits per heavy atom. The number of hydrogen-bond donors (Lipinski definition) is 6. The molecule has 0 aromatic heterocycles. The number of fused-ring (bicyclic) bond motifs is 18. The third-order valence-corrected chi connectivity index (χ3v) is 34.3. The number of aryl methyl sites for hydroxylation is 2. The molecular weight excluding hydrogens is 1820 g/mol. The Balaban J connectivity index is 0.000000131. The van der Waals surface area contributed by atoms with Gasteiger partial charge >= 0.3 is 11.9 Å². The van der Waals surface area contributed by atoms with Crippen molar-refractivity contribution in [2.75, 3.05) is 95.9 Å². The second-order valence-corrected chi connectivity index (χ2v) is 41.1. The highest BCUT2D eigenvalue weighted by Gasteiger charge is 2.71. The van der Waals surface area contributed by atoms with Crippen LogP contribution in [0.3, 0.4) is 0 Å². The molecule has 0 radical (unpaired) electrons. The minimum atomic E-state index is -1.62. The van der Waals surface area contributed by atoms with Crippen LogP contribution in [0.15, 0.2) is 96.1 Å². The molecule has 34 heteroatoms. The molecule has 0 bridgehead atoms. The number of ether oxygens (including phenoxy) is 20. The van der Waals surface area contributed by atoms with Gasteiger partial charge in [0.25, 0.3) is 0 Å². The predicted molar refractivity (Wildman–Crippen MR) is 494 cm³/mol. The van der Waals surface area contributed by atoms with Crippen LogP contribution in [0.2, 0.25) is 0 Å².